The number of methoxy groups -OCH3 is 1. The van der Waals surface area contributed by atoms with Crippen molar-refractivity contribution in [2.24, 2.45) is 5.73 Å². The van der Waals surface area contributed by atoms with Crippen LogP contribution in [0.2, 0.25) is 0 Å². The molecule has 0 aliphatic heterocycles. The molecule has 1 atom stereocenters. The number of anilines is 1. The first-order chi connectivity index (χ1) is 7.17. The third kappa shape index (κ3) is 3.25. The minimum atomic E-state index is -0.452. The van der Waals surface area contributed by atoms with Gasteiger partial charge in [-0.05, 0) is 30.7 Å². The summed E-state index contributed by atoms with van der Waals surface area (Å²) in [5, 5.41) is 2.72. The Balaban J connectivity index is 2.61. The van der Waals surface area contributed by atoms with Gasteiger partial charge >= 0.3 is 0 Å². The Morgan fingerprint density at radius 3 is 2.53 bits per heavy atom. The number of ether oxygens (including phenoxy) is 1. The van der Waals surface area contributed by atoms with Gasteiger partial charge in [-0.25, -0.2) is 0 Å². The molecular weight excluding hydrogens is 192 g/mol. The normalized spacial score (nSPS) is 11.9. The number of hydrogen-bond acceptors (Lipinski definition) is 3. The molecule has 4 heteroatoms. The zero-order valence-corrected chi connectivity index (χ0v) is 8.99. The van der Waals surface area contributed by atoms with Crippen LogP contribution in [0.15, 0.2) is 24.3 Å². The van der Waals surface area contributed by atoms with E-state index in [2.05, 4.69) is 5.32 Å². The smallest absolute Gasteiger partial charge is 0.241 e. The van der Waals surface area contributed by atoms with Crippen molar-refractivity contribution >= 4 is 11.6 Å². The number of rotatable bonds is 4. The summed E-state index contributed by atoms with van der Waals surface area (Å²) in [4.78, 5) is 11.4. The zero-order valence-electron chi connectivity index (χ0n) is 8.99. The standard InChI is InChI=1S/C11H16N2O2/c1-3-10(12)11(14)13-8-4-6-9(15-2)7-5-8/h4-7,10H,3,12H2,1-2H3,(H,13,14)/t10-/m1/s1. The van der Waals surface area contributed by atoms with Crippen molar-refractivity contribution in [2.75, 3.05) is 12.4 Å². The second-order valence-corrected chi connectivity index (χ2v) is 3.23. The zero-order chi connectivity index (χ0) is 11.3. The van der Waals surface area contributed by atoms with E-state index in [9.17, 15) is 4.79 Å². The van der Waals surface area contributed by atoms with Crippen LogP contribution in [0.25, 0.3) is 0 Å². The second kappa shape index (κ2) is 5.36. The van der Waals surface area contributed by atoms with Crippen molar-refractivity contribution in [3.8, 4) is 5.75 Å². The molecule has 3 N–H and O–H groups in total. The van der Waals surface area contributed by atoms with Crippen LogP contribution < -0.4 is 15.8 Å². The first kappa shape index (κ1) is 11.5. The van der Waals surface area contributed by atoms with Gasteiger partial charge in [0.05, 0.1) is 13.2 Å². The van der Waals surface area contributed by atoms with Gasteiger partial charge in [0, 0.05) is 5.69 Å². The highest BCUT2D eigenvalue weighted by atomic mass is 16.5. The van der Waals surface area contributed by atoms with Crippen LogP contribution in [0.5, 0.6) is 5.75 Å². The lowest BCUT2D eigenvalue weighted by molar-refractivity contribution is -0.117. The molecule has 82 valence electrons. The number of benzene rings is 1. The lowest BCUT2D eigenvalue weighted by atomic mass is 10.2. The first-order valence-corrected chi connectivity index (χ1v) is 4.88. The SMILES string of the molecule is CC[C@@H](N)C(=O)Nc1ccc(OC)cc1. The van der Waals surface area contributed by atoms with Gasteiger partial charge in [0.1, 0.15) is 5.75 Å². The molecule has 1 aromatic rings. The molecule has 0 saturated heterocycles. The second-order valence-electron chi connectivity index (χ2n) is 3.23. The quantitative estimate of drug-likeness (QED) is 0.785. The van der Waals surface area contributed by atoms with Gasteiger partial charge in [0.25, 0.3) is 0 Å². The fourth-order valence-corrected chi connectivity index (χ4v) is 1.09. The molecule has 0 radical (unpaired) electrons. The molecule has 1 rings (SSSR count). The number of carbonyl (C=O) groups is 1. The first-order valence-electron chi connectivity index (χ1n) is 4.88. The fraction of sp³-hybridized carbons (Fsp3) is 0.364. The van der Waals surface area contributed by atoms with Crippen LogP contribution in [0, 0.1) is 0 Å². The van der Waals surface area contributed by atoms with Crippen molar-refractivity contribution in [1.82, 2.24) is 0 Å². The maximum atomic E-state index is 11.4. The minimum absolute atomic E-state index is 0.164. The van der Waals surface area contributed by atoms with Crippen LogP contribution in [-0.4, -0.2) is 19.1 Å². The summed E-state index contributed by atoms with van der Waals surface area (Å²) < 4.78 is 5.01. The lowest BCUT2D eigenvalue weighted by Gasteiger charge is -2.10. The van der Waals surface area contributed by atoms with Crippen LogP contribution in [0.3, 0.4) is 0 Å². The third-order valence-electron chi connectivity index (χ3n) is 2.13. The maximum Gasteiger partial charge on any atom is 0.241 e. The van der Waals surface area contributed by atoms with Gasteiger partial charge in [-0.2, -0.15) is 0 Å². The molecule has 0 heterocycles. The predicted molar refractivity (Wildman–Crippen MR) is 59.9 cm³/mol. The highest BCUT2D eigenvalue weighted by Gasteiger charge is 2.10. The molecule has 4 nitrogen and oxygen atoms in total. The monoisotopic (exact) mass is 208 g/mol. The molecule has 0 bridgehead atoms. The van der Waals surface area contributed by atoms with Gasteiger partial charge in [-0.1, -0.05) is 6.92 Å². The molecule has 0 unspecified atom stereocenters. The van der Waals surface area contributed by atoms with Gasteiger partial charge in [-0.3, -0.25) is 4.79 Å². The van der Waals surface area contributed by atoms with E-state index in [1.165, 1.54) is 0 Å². The minimum Gasteiger partial charge on any atom is -0.497 e. The summed E-state index contributed by atoms with van der Waals surface area (Å²) >= 11 is 0. The van der Waals surface area contributed by atoms with Gasteiger partial charge in [0.2, 0.25) is 5.91 Å². The van der Waals surface area contributed by atoms with E-state index in [0.717, 1.165) is 11.4 Å². The van der Waals surface area contributed by atoms with Gasteiger partial charge in [-0.15, -0.1) is 0 Å². The Kier molecular flexibility index (Phi) is 4.12. The van der Waals surface area contributed by atoms with Crippen molar-refractivity contribution in [1.29, 1.82) is 0 Å². The molecule has 1 aromatic carbocycles. The highest BCUT2D eigenvalue weighted by Crippen LogP contribution is 2.15. The van der Waals surface area contributed by atoms with Crippen molar-refractivity contribution in [3.05, 3.63) is 24.3 Å². The van der Waals surface area contributed by atoms with Crippen LogP contribution in [0.1, 0.15) is 13.3 Å². The summed E-state index contributed by atoms with van der Waals surface area (Å²) in [5.41, 5.74) is 6.31. The van der Waals surface area contributed by atoms with E-state index in [4.69, 9.17) is 10.5 Å². The summed E-state index contributed by atoms with van der Waals surface area (Å²) in [6.07, 6.45) is 0.627. The third-order valence-corrected chi connectivity index (χ3v) is 2.13. The highest BCUT2D eigenvalue weighted by molar-refractivity contribution is 5.94. The molecule has 1 amide bonds. The van der Waals surface area contributed by atoms with E-state index < -0.39 is 6.04 Å². The van der Waals surface area contributed by atoms with E-state index in [0.29, 0.717) is 6.42 Å². The van der Waals surface area contributed by atoms with Crippen molar-refractivity contribution < 1.29 is 9.53 Å². The molecule has 0 fully saturated rings. The lowest BCUT2D eigenvalue weighted by Crippen LogP contribution is -2.34. The molecular formula is C11H16N2O2. The molecule has 0 aliphatic carbocycles. The largest absolute Gasteiger partial charge is 0.497 e. The topological polar surface area (TPSA) is 64.4 Å². The van der Waals surface area contributed by atoms with E-state index in [-0.39, 0.29) is 5.91 Å². The average Bonchev–Trinajstić information content (AvgIpc) is 2.29. The molecule has 0 aliphatic rings. The fourth-order valence-electron chi connectivity index (χ4n) is 1.09. The number of carbonyl (C=O) groups excluding carboxylic acids is 1. The molecule has 15 heavy (non-hydrogen) atoms. The Hall–Kier alpha value is -1.55. The summed E-state index contributed by atoms with van der Waals surface area (Å²) in [7, 11) is 1.60. The Labute approximate surface area is 89.4 Å². The van der Waals surface area contributed by atoms with Gasteiger partial charge in [0.15, 0.2) is 0 Å². The predicted octanol–water partition coefficient (Wildman–Crippen LogP) is 1.37. The Morgan fingerprint density at radius 2 is 2.07 bits per heavy atom. The van der Waals surface area contributed by atoms with Crippen molar-refractivity contribution in [3.63, 3.8) is 0 Å². The average molecular weight is 208 g/mol. The van der Waals surface area contributed by atoms with E-state index in [1.807, 2.05) is 6.92 Å². The van der Waals surface area contributed by atoms with Crippen LogP contribution >= 0.6 is 0 Å². The van der Waals surface area contributed by atoms with Crippen LogP contribution in [0.4, 0.5) is 5.69 Å². The van der Waals surface area contributed by atoms with Crippen LogP contribution in [-0.2, 0) is 4.79 Å². The molecule has 0 spiro atoms. The molecule has 0 saturated carbocycles. The number of nitrogens with one attached hydrogen (secondary N) is 1. The maximum absolute atomic E-state index is 11.4. The number of hydrogen-bond donors (Lipinski definition) is 2. The van der Waals surface area contributed by atoms with Gasteiger partial charge < -0.3 is 15.8 Å². The Morgan fingerprint density at radius 1 is 1.47 bits per heavy atom. The Bertz CT molecular complexity index is 322. The summed E-state index contributed by atoms with van der Waals surface area (Å²) in [6, 6.07) is 6.67. The number of amides is 1. The van der Waals surface area contributed by atoms with E-state index in [1.54, 1.807) is 31.4 Å². The summed E-state index contributed by atoms with van der Waals surface area (Å²) in [5.74, 6) is 0.593. The van der Waals surface area contributed by atoms with Crippen molar-refractivity contribution in [2.45, 2.75) is 19.4 Å². The number of nitrogens with two attached hydrogens (primary N) is 1. The molecule has 0 aromatic heterocycles. The van der Waals surface area contributed by atoms with E-state index >= 15 is 0 Å². The summed E-state index contributed by atoms with van der Waals surface area (Å²) in [6.45, 7) is 1.87.